The van der Waals surface area contributed by atoms with E-state index < -0.39 is 5.97 Å². The molecule has 0 saturated heterocycles. The number of nitrogens with zero attached hydrogens (tertiary/aromatic N) is 1. The van der Waals surface area contributed by atoms with E-state index in [1.165, 1.54) is 0 Å². The summed E-state index contributed by atoms with van der Waals surface area (Å²) in [5, 5.41) is 2.81. The fourth-order valence-electron chi connectivity index (χ4n) is 1.74. The zero-order valence-corrected chi connectivity index (χ0v) is 14.6. The maximum atomic E-state index is 11.8. The molecule has 0 aliphatic heterocycles. The molecule has 1 aromatic heterocycles. The number of thiocarbonyl (C=S) groups is 1. The van der Waals surface area contributed by atoms with Crippen LogP contribution in [0.15, 0.2) is 41.0 Å². The molecule has 0 saturated carbocycles. The highest BCUT2D eigenvalue weighted by atomic mass is 79.9. The van der Waals surface area contributed by atoms with Crippen molar-refractivity contribution in [1.29, 1.82) is 0 Å². The van der Waals surface area contributed by atoms with E-state index in [-0.39, 0.29) is 5.11 Å². The summed E-state index contributed by atoms with van der Waals surface area (Å²) in [7, 11) is 0. The van der Waals surface area contributed by atoms with E-state index in [0.717, 1.165) is 4.47 Å². The molecule has 1 heterocycles. The maximum Gasteiger partial charge on any atom is 0.338 e. The molecule has 0 bridgehead atoms. The van der Waals surface area contributed by atoms with E-state index in [1.807, 2.05) is 0 Å². The quantitative estimate of drug-likeness (QED) is 0.591. The van der Waals surface area contributed by atoms with Crippen LogP contribution in [0.5, 0.6) is 11.5 Å². The normalized spacial score (nSPS) is 10.0. The summed E-state index contributed by atoms with van der Waals surface area (Å²) >= 11 is 8.14. The van der Waals surface area contributed by atoms with Gasteiger partial charge in [-0.05, 0) is 53.3 Å². The number of benzene rings is 1. The SMILES string of the molecule is CCOC(=O)c1cccc(Oc2cc(Br)cnc2NC(N)=S)c1. The predicted octanol–water partition coefficient (Wildman–Crippen LogP) is 3.47. The molecule has 0 radical (unpaired) electrons. The van der Waals surface area contributed by atoms with E-state index in [1.54, 1.807) is 43.5 Å². The molecule has 0 aliphatic rings. The highest BCUT2D eigenvalue weighted by Gasteiger charge is 2.11. The Bertz CT molecular complexity index is 740. The summed E-state index contributed by atoms with van der Waals surface area (Å²) in [4.78, 5) is 15.9. The molecule has 2 rings (SSSR count). The molecule has 0 unspecified atom stereocenters. The molecule has 23 heavy (non-hydrogen) atoms. The van der Waals surface area contributed by atoms with Crippen LogP contribution in [0, 0.1) is 0 Å². The summed E-state index contributed by atoms with van der Waals surface area (Å²) in [5.41, 5.74) is 5.87. The van der Waals surface area contributed by atoms with Gasteiger partial charge < -0.3 is 20.5 Å². The monoisotopic (exact) mass is 395 g/mol. The Morgan fingerprint density at radius 3 is 2.91 bits per heavy atom. The topological polar surface area (TPSA) is 86.5 Å². The lowest BCUT2D eigenvalue weighted by molar-refractivity contribution is 0.0526. The summed E-state index contributed by atoms with van der Waals surface area (Å²) in [6, 6.07) is 8.37. The molecule has 0 amide bonds. The maximum absolute atomic E-state index is 11.8. The first-order chi connectivity index (χ1) is 11.0. The van der Waals surface area contributed by atoms with Crippen LogP contribution in [0.1, 0.15) is 17.3 Å². The summed E-state index contributed by atoms with van der Waals surface area (Å²) in [5.74, 6) is 0.837. The van der Waals surface area contributed by atoms with Crippen molar-refractivity contribution in [3.05, 3.63) is 46.6 Å². The summed E-state index contributed by atoms with van der Waals surface area (Å²) in [6.45, 7) is 2.06. The number of ether oxygens (including phenoxy) is 2. The van der Waals surface area contributed by atoms with Crippen LogP contribution in [0.25, 0.3) is 0 Å². The average molecular weight is 396 g/mol. The van der Waals surface area contributed by atoms with Gasteiger partial charge in [-0.1, -0.05) is 6.07 Å². The van der Waals surface area contributed by atoms with Crippen molar-refractivity contribution in [1.82, 2.24) is 4.98 Å². The number of nitrogens with one attached hydrogen (secondary N) is 1. The third-order valence-electron chi connectivity index (χ3n) is 2.63. The molecule has 0 atom stereocenters. The number of pyridine rings is 1. The molecular weight excluding hydrogens is 382 g/mol. The van der Waals surface area contributed by atoms with Crippen molar-refractivity contribution in [2.24, 2.45) is 5.73 Å². The number of esters is 1. The number of carbonyl (C=O) groups excluding carboxylic acids is 1. The zero-order valence-electron chi connectivity index (χ0n) is 12.2. The van der Waals surface area contributed by atoms with Gasteiger partial charge in [-0.3, -0.25) is 0 Å². The standard InChI is InChI=1S/C15H14BrN3O3S/c1-2-21-14(20)9-4-3-5-11(6-9)22-12-7-10(16)8-18-13(12)19-15(17)23/h3-8H,2H2,1H3,(H3,17,18,19,23). The van der Waals surface area contributed by atoms with Crippen LogP contribution in [-0.4, -0.2) is 22.7 Å². The van der Waals surface area contributed by atoms with Gasteiger partial charge in [0.05, 0.1) is 12.2 Å². The second-order valence-electron chi connectivity index (χ2n) is 4.34. The third-order valence-corrected chi connectivity index (χ3v) is 3.17. The van der Waals surface area contributed by atoms with Gasteiger partial charge in [0.1, 0.15) is 5.75 Å². The van der Waals surface area contributed by atoms with Gasteiger partial charge in [-0.25, -0.2) is 9.78 Å². The molecule has 2 aromatic rings. The lowest BCUT2D eigenvalue weighted by atomic mass is 10.2. The van der Waals surface area contributed by atoms with E-state index in [4.69, 9.17) is 27.4 Å². The van der Waals surface area contributed by atoms with Gasteiger partial charge in [0, 0.05) is 16.7 Å². The highest BCUT2D eigenvalue weighted by Crippen LogP contribution is 2.30. The van der Waals surface area contributed by atoms with Crippen molar-refractivity contribution in [2.45, 2.75) is 6.92 Å². The number of aromatic nitrogens is 1. The average Bonchev–Trinajstić information content (AvgIpc) is 2.50. The van der Waals surface area contributed by atoms with Crippen LogP contribution in [-0.2, 0) is 4.74 Å². The highest BCUT2D eigenvalue weighted by molar-refractivity contribution is 9.10. The van der Waals surface area contributed by atoms with Crippen LogP contribution >= 0.6 is 28.1 Å². The number of hydrogen-bond donors (Lipinski definition) is 2. The predicted molar refractivity (Wildman–Crippen MR) is 94.8 cm³/mol. The van der Waals surface area contributed by atoms with E-state index in [0.29, 0.717) is 29.5 Å². The van der Waals surface area contributed by atoms with Crippen molar-refractivity contribution < 1.29 is 14.3 Å². The first-order valence-electron chi connectivity index (χ1n) is 6.66. The smallest absolute Gasteiger partial charge is 0.338 e. The van der Waals surface area contributed by atoms with E-state index in [9.17, 15) is 4.79 Å². The lowest BCUT2D eigenvalue weighted by Crippen LogP contribution is -2.20. The number of rotatable bonds is 5. The zero-order chi connectivity index (χ0) is 16.8. The minimum Gasteiger partial charge on any atom is -0.462 e. The molecule has 3 N–H and O–H groups in total. The van der Waals surface area contributed by atoms with E-state index >= 15 is 0 Å². The minimum atomic E-state index is -0.410. The number of anilines is 1. The van der Waals surface area contributed by atoms with Crippen molar-refractivity contribution in [3.63, 3.8) is 0 Å². The Balaban J connectivity index is 2.28. The summed E-state index contributed by atoms with van der Waals surface area (Å²) in [6.07, 6.45) is 1.59. The van der Waals surface area contributed by atoms with Gasteiger partial charge in [0.25, 0.3) is 0 Å². The molecule has 6 nitrogen and oxygen atoms in total. The molecule has 0 aliphatic carbocycles. The van der Waals surface area contributed by atoms with Crippen LogP contribution in [0.4, 0.5) is 5.82 Å². The largest absolute Gasteiger partial charge is 0.462 e. The Morgan fingerprint density at radius 1 is 1.43 bits per heavy atom. The molecule has 8 heteroatoms. The van der Waals surface area contributed by atoms with Crippen LogP contribution < -0.4 is 15.8 Å². The molecular formula is C15H14BrN3O3S. The number of hydrogen-bond acceptors (Lipinski definition) is 5. The van der Waals surface area contributed by atoms with Crippen molar-refractivity contribution in [3.8, 4) is 11.5 Å². The third kappa shape index (κ3) is 4.90. The van der Waals surface area contributed by atoms with Crippen LogP contribution in [0.3, 0.4) is 0 Å². The molecule has 0 spiro atoms. The van der Waals surface area contributed by atoms with Gasteiger partial charge in [0.2, 0.25) is 0 Å². The Morgan fingerprint density at radius 2 is 2.22 bits per heavy atom. The molecule has 0 fully saturated rings. The molecule has 1 aromatic carbocycles. The van der Waals surface area contributed by atoms with Gasteiger partial charge in [0.15, 0.2) is 16.7 Å². The fraction of sp³-hybridized carbons (Fsp3) is 0.133. The number of halogens is 1. The Labute approximate surface area is 147 Å². The van der Waals surface area contributed by atoms with Gasteiger partial charge >= 0.3 is 5.97 Å². The minimum absolute atomic E-state index is 0.0740. The Kier molecular flexibility index (Phi) is 5.89. The second kappa shape index (κ2) is 7.89. The Hall–Kier alpha value is -2.19. The lowest BCUT2D eigenvalue weighted by Gasteiger charge is -2.12. The van der Waals surface area contributed by atoms with Gasteiger partial charge in [-0.2, -0.15) is 0 Å². The van der Waals surface area contributed by atoms with Crippen molar-refractivity contribution in [2.75, 3.05) is 11.9 Å². The first-order valence-corrected chi connectivity index (χ1v) is 7.86. The number of nitrogens with two attached hydrogens (primary N) is 1. The number of carbonyl (C=O) groups is 1. The van der Waals surface area contributed by atoms with Gasteiger partial charge in [-0.15, -0.1) is 0 Å². The van der Waals surface area contributed by atoms with Crippen LogP contribution in [0.2, 0.25) is 0 Å². The first kappa shape index (κ1) is 17.2. The molecule has 120 valence electrons. The second-order valence-corrected chi connectivity index (χ2v) is 5.70. The summed E-state index contributed by atoms with van der Waals surface area (Å²) < 4.78 is 11.5. The fourth-order valence-corrected chi connectivity index (χ4v) is 2.14. The van der Waals surface area contributed by atoms with Crippen molar-refractivity contribution >= 4 is 45.0 Å². The van der Waals surface area contributed by atoms with E-state index in [2.05, 4.69) is 26.2 Å².